The van der Waals surface area contributed by atoms with Crippen LogP contribution >= 0.6 is 0 Å². The molecule has 1 aliphatic rings. The maximum atomic E-state index is 5.69. The molecule has 15 heavy (non-hydrogen) atoms. The fourth-order valence-corrected chi connectivity index (χ4v) is 1.79. The van der Waals surface area contributed by atoms with E-state index >= 15 is 0 Å². The highest BCUT2D eigenvalue weighted by Gasteiger charge is 2.15. The van der Waals surface area contributed by atoms with Gasteiger partial charge < -0.3 is 4.74 Å². The van der Waals surface area contributed by atoms with Crippen LogP contribution in [-0.2, 0) is 13.0 Å². The average Bonchev–Trinajstić information content (AvgIpc) is 2.59. The second kappa shape index (κ2) is 3.08. The van der Waals surface area contributed by atoms with Gasteiger partial charge in [-0.3, -0.25) is 0 Å². The molecule has 0 saturated carbocycles. The number of nitrogens with zero attached hydrogens (tertiary/aromatic N) is 3. The topological polar surface area (TPSA) is 39.9 Å². The van der Waals surface area contributed by atoms with E-state index in [1.807, 2.05) is 23.9 Å². The molecule has 0 amide bonds. The van der Waals surface area contributed by atoms with Crippen LogP contribution in [0.4, 0.5) is 0 Å². The van der Waals surface area contributed by atoms with E-state index in [0.29, 0.717) is 5.88 Å². The maximum absolute atomic E-state index is 5.69. The van der Waals surface area contributed by atoms with Crippen molar-refractivity contribution in [2.45, 2.75) is 19.9 Å². The first-order chi connectivity index (χ1) is 7.33. The van der Waals surface area contributed by atoms with Crippen LogP contribution in [0.15, 0.2) is 24.5 Å². The largest absolute Gasteiger partial charge is 0.421 e. The third-order valence-electron chi connectivity index (χ3n) is 2.53. The molecule has 2 aromatic heterocycles. The van der Waals surface area contributed by atoms with Crippen molar-refractivity contribution in [1.82, 2.24) is 14.8 Å². The highest BCUT2D eigenvalue weighted by molar-refractivity contribution is 5.33. The van der Waals surface area contributed by atoms with Crippen LogP contribution in [-0.4, -0.2) is 14.8 Å². The summed E-state index contributed by atoms with van der Waals surface area (Å²) in [6.45, 7) is 2.89. The summed E-state index contributed by atoms with van der Waals surface area (Å²) in [4.78, 5) is 4.29. The normalized spacial score (nSPS) is 13.7. The van der Waals surface area contributed by atoms with E-state index in [1.54, 1.807) is 6.20 Å². The highest BCUT2D eigenvalue weighted by Crippen LogP contribution is 2.27. The van der Waals surface area contributed by atoms with E-state index in [2.05, 4.69) is 16.1 Å². The number of fused-ring (bicyclic) bond motifs is 2. The van der Waals surface area contributed by atoms with Crippen LogP contribution in [0, 0.1) is 6.92 Å². The van der Waals surface area contributed by atoms with Gasteiger partial charge in [0.2, 0.25) is 11.8 Å². The summed E-state index contributed by atoms with van der Waals surface area (Å²) in [6.07, 6.45) is 4.48. The van der Waals surface area contributed by atoms with Crippen molar-refractivity contribution in [1.29, 1.82) is 0 Å². The summed E-state index contributed by atoms with van der Waals surface area (Å²) in [5, 5.41) is 4.19. The van der Waals surface area contributed by atoms with Crippen LogP contribution in [0.25, 0.3) is 0 Å². The first-order valence-electron chi connectivity index (χ1n) is 4.98. The summed E-state index contributed by atoms with van der Waals surface area (Å²) in [5.41, 5.74) is 2.32. The molecule has 0 unspecified atom stereocenters. The minimum Gasteiger partial charge on any atom is -0.421 e. The standard InChI is InChI=1S/C11H11N3O/c1-8-6-9-3-5-14-10(2-4-13-14)15-11(9)12-7-8/h2,4,6-7H,3,5H2,1H3. The van der Waals surface area contributed by atoms with Gasteiger partial charge in [0.1, 0.15) is 0 Å². The van der Waals surface area contributed by atoms with E-state index in [9.17, 15) is 0 Å². The van der Waals surface area contributed by atoms with E-state index in [1.165, 1.54) is 0 Å². The molecule has 0 spiro atoms. The summed E-state index contributed by atoms with van der Waals surface area (Å²) < 4.78 is 7.54. The van der Waals surface area contributed by atoms with Crippen molar-refractivity contribution >= 4 is 0 Å². The fourth-order valence-electron chi connectivity index (χ4n) is 1.79. The molecular formula is C11H11N3O. The third-order valence-corrected chi connectivity index (χ3v) is 2.53. The van der Waals surface area contributed by atoms with Crippen LogP contribution < -0.4 is 4.74 Å². The predicted octanol–water partition coefficient (Wildman–Crippen LogP) is 1.93. The van der Waals surface area contributed by atoms with Gasteiger partial charge in [-0.05, 0) is 25.0 Å². The number of hydrogen-bond donors (Lipinski definition) is 0. The van der Waals surface area contributed by atoms with Gasteiger partial charge in [0, 0.05) is 24.4 Å². The average molecular weight is 201 g/mol. The Kier molecular flexibility index (Phi) is 1.74. The lowest BCUT2D eigenvalue weighted by atomic mass is 10.1. The molecule has 0 fully saturated rings. The predicted molar refractivity (Wildman–Crippen MR) is 55.0 cm³/mol. The first-order valence-corrected chi connectivity index (χ1v) is 4.98. The van der Waals surface area contributed by atoms with Gasteiger partial charge >= 0.3 is 0 Å². The summed E-state index contributed by atoms with van der Waals surface area (Å²) in [5.74, 6) is 1.48. The molecule has 1 aliphatic heterocycles. The van der Waals surface area contributed by atoms with Crippen LogP contribution in [0.5, 0.6) is 11.8 Å². The first kappa shape index (κ1) is 8.47. The molecule has 0 saturated heterocycles. The van der Waals surface area contributed by atoms with Gasteiger partial charge in [-0.15, -0.1) is 0 Å². The van der Waals surface area contributed by atoms with Crippen molar-refractivity contribution in [2.75, 3.05) is 0 Å². The van der Waals surface area contributed by atoms with Crippen LogP contribution in [0.3, 0.4) is 0 Å². The summed E-state index contributed by atoms with van der Waals surface area (Å²) in [7, 11) is 0. The Hall–Kier alpha value is -1.84. The molecule has 3 heterocycles. The Labute approximate surface area is 87.5 Å². The molecule has 0 radical (unpaired) electrons. The molecule has 4 nitrogen and oxygen atoms in total. The van der Waals surface area contributed by atoms with Gasteiger partial charge in [0.25, 0.3) is 0 Å². The van der Waals surface area contributed by atoms with E-state index in [-0.39, 0.29) is 0 Å². The Morgan fingerprint density at radius 1 is 1.47 bits per heavy atom. The second-order valence-electron chi connectivity index (χ2n) is 3.72. The summed E-state index contributed by atoms with van der Waals surface area (Å²) in [6, 6.07) is 3.98. The van der Waals surface area contributed by atoms with Crippen LogP contribution in [0.1, 0.15) is 11.1 Å². The zero-order valence-electron chi connectivity index (χ0n) is 8.47. The van der Waals surface area contributed by atoms with Gasteiger partial charge in [-0.25, -0.2) is 9.67 Å². The van der Waals surface area contributed by atoms with Gasteiger partial charge in [-0.1, -0.05) is 0 Å². The van der Waals surface area contributed by atoms with E-state index < -0.39 is 0 Å². The minimum absolute atomic E-state index is 0.708. The number of aryl methyl sites for hydroxylation is 3. The Morgan fingerprint density at radius 2 is 2.40 bits per heavy atom. The smallest absolute Gasteiger partial charge is 0.224 e. The van der Waals surface area contributed by atoms with Crippen molar-refractivity contribution < 1.29 is 4.74 Å². The van der Waals surface area contributed by atoms with Gasteiger partial charge in [0.15, 0.2) is 0 Å². The second-order valence-corrected chi connectivity index (χ2v) is 3.72. The lowest BCUT2D eigenvalue weighted by molar-refractivity contribution is 0.415. The highest BCUT2D eigenvalue weighted by atomic mass is 16.5. The minimum atomic E-state index is 0.708. The van der Waals surface area contributed by atoms with Crippen molar-refractivity contribution in [3.05, 3.63) is 35.7 Å². The zero-order valence-corrected chi connectivity index (χ0v) is 8.47. The van der Waals surface area contributed by atoms with E-state index in [0.717, 1.165) is 30.0 Å². The Morgan fingerprint density at radius 3 is 3.33 bits per heavy atom. The molecule has 76 valence electrons. The SMILES string of the molecule is Cc1cnc2c(c1)CCn1nccc1O2. The van der Waals surface area contributed by atoms with Crippen LogP contribution in [0.2, 0.25) is 0 Å². The quantitative estimate of drug-likeness (QED) is 0.654. The maximum Gasteiger partial charge on any atom is 0.224 e. The van der Waals surface area contributed by atoms with E-state index in [4.69, 9.17) is 4.74 Å². The lowest BCUT2D eigenvalue weighted by Gasteiger charge is -2.04. The number of aromatic nitrogens is 3. The fraction of sp³-hybridized carbons (Fsp3) is 0.273. The van der Waals surface area contributed by atoms with Crippen molar-refractivity contribution in [2.24, 2.45) is 0 Å². The zero-order chi connectivity index (χ0) is 10.3. The molecule has 0 N–H and O–H groups in total. The van der Waals surface area contributed by atoms with Crippen molar-refractivity contribution in [3.8, 4) is 11.8 Å². The molecule has 2 aromatic rings. The molecule has 0 aliphatic carbocycles. The number of rotatable bonds is 0. The number of hydrogen-bond acceptors (Lipinski definition) is 3. The van der Waals surface area contributed by atoms with Gasteiger partial charge in [-0.2, -0.15) is 5.10 Å². The number of pyridine rings is 1. The Bertz CT molecular complexity index is 504. The third kappa shape index (κ3) is 1.38. The molecule has 0 aromatic carbocycles. The molecular weight excluding hydrogens is 190 g/mol. The van der Waals surface area contributed by atoms with Crippen molar-refractivity contribution in [3.63, 3.8) is 0 Å². The summed E-state index contributed by atoms with van der Waals surface area (Å²) >= 11 is 0. The monoisotopic (exact) mass is 201 g/mol. The lowest BCUT2D eigenvalue weighted by Crippen LogP contribution is -2.00. The molecule has 3 rings (SSSR count). The Balaban J connectivity index is 2.08. The molecule has 0 atom stereocenters. The number of ether oxygens (including phenoxy) is 1. The van der Waals surface area contributed by atoms with Gasteiger partial charge in [0.05, 0.1) is 6.20 Å². The molecule has 0 bridgehead atoms. The molecule has 4 heteroatoms.